The van der Waals surface area contributed by atoms with Crippen molar-refractivity contribution >= 4 is 23.5 Å². The van der Waals surface area contributed by atoms with Crippen molar-refractivity contribution in [3.63, 3.8) is 0 Å². The van der Waals surface area contributed by atoms with Crippen LogP contribution < -0.4 is 4.90 Å². The summed E-state index contributed by atoms with van der Waals surface area (Å²) in [6.07, 6.45) is 0. The molecule has 0 saturated carbocycles. The van der Waals surface area contributed by atoms with Gasteiger partial charge in [0.2, 0.25) is 5.91 Å². The molecule has 1 saturated heterocycles. The van der Waals surface area contributed by atoms with Crippen molar-refractivity contribution in [3.05, 3.63) is 29.8 Å². The van der Waals surface area contributed by atoms with Crippen LogP contribution in [0.4, 0.5) is 5.69 Å². The number of methoxy groups -OCH3 is 1. The van der Waals surface area contributed by atoms with Crippen molar-refractivity contribution in [1.29, 1.82) is 0 Å². The van der Waals surface area contributed by atoms with E-state index in [-0.39, 0.29) is 17.9 Å². The number of rotatable bonds is 4. The van der Waals surface area contributed by atoms with Gasteiger partial charge in [0, 0.05) is 31.4 Å². The number of hydrogen-bond acceptors (Lipinski definition) is 5. The molecule has 2 rings (SSSR count). The number of anilines is 1. The number of nitrogens with zero attached hydrogens (tertiary/aromatic N) is 2. The molecule has 1 atom stereocenters. The Labute approximate surface area is 147 Å². The third-order valence-electron chi connectivity index (χ3n) is 4.61. The minimum absolute atomic E-state index is 0.111. The number of carboxylic acid groups (broad SMARTS) is 1. The number of carboxylic acids is 1. The Balaban J connectivity index is 2.07. The van der Waals surface area contributed by atoms with Crippen molar-refractivity contribution in [3.8, 4) is 0 Å². The van der Waals surface area contributed by atoms with Gasteiger partial charge in [0.25, 0.3) is 0 Å². The average Bonchev–Trinajstić information content (AvgIpc) is 2.60. The maximum Gasteiger partial charge on any atom is 0.337 e. The second-order valence-electron chi connectivity index (χ2n) is 6.76. The largest absolute Gasteiger partial charge is 0.480 e. The van der Waals surface area contributed by atoms with Gasteiger partial charge in [-0.05, 0) is 45.0 Å². The first-order valence-electron chi connectivity index (χ1n) is 8.16. The topological polar surface area (TPSA) is 87.2 Å². The molecule has 0 spiro atoms. The number of piperazine rings is 1. The Morgan fingerprint density at radius 3 is 2.24 bits per heavy atom. The summed E-state index contributed by atoms with van der Waals surface area (Å²) in [4.78, 5) is 39.1. The van der Waals surface area contributed by atoms with Gasteiger partial charge in [0.15, 0.2) is 0 Å². The van der Waals surface area contributed by atoms with Gasteiger partial charge in [-0.1, -0.05) is 0 Å². The highest BCUT2D eigenvalue weighted by atomic mass is 16.5. The molecule has 1 aromatic rings. The van der Waals surface area contributed by atoms with E-state index in [1.807, 2.05) is 19.1 Å². The zero-order valence-electron chi connectivity index (χ0n) is 15.0. The van der Waals surface area contributed by atoms with Gasteiger partial charge >= 0.3 is 11.9 Å². The molecule has 1 fully saturated rings. The first-order chi connectivity index (χ1) is 11.7. The van der Waals surface area contributed by atoms with Crippen LogP contribution in [0, 0.1) is 5.41 Å². The van der Waals surface area contributed by atoms with E-state index in [0.29, 0.717) is 25.2 Å². The van der Waals surface area contributed by atoms with Crippen molar-refractivity contribution in [2.75, 3.05) is 31.6 Å². The first kappa shape index (κ1) is 18.8. The monoisotopic (exact) mass is 348 g/mol. The van der Waals surface area contributed by atoms with Gasteiger partial charge in [-0.15, -0.1) is 0 Å². The Morgan fingerprint density at radius 1 is 1.16 bits per heavy atom. The normalized spacial score (nSPS) is 18.0. The fraction of sp³-hybridized carbons (Fsp3) is 0.500. The van der Waals surface area contributed by atoms with E-state index in [4.69, 9.17) is 0 Å². The Hall–Kier alpha value is -2.57. The average molecular weight is 348 g/mol. The van der Waals surface area contributed by atoms with Gasteiger partial charge < -0.3 is 19.6 Å². The minimum atomic E-state index is -1.43. The van der Waals surface area contributed by atoms with Crippen molar-refractivity contribution < 1.29 is 24.2 Å². The molecule has 1 aliphatic rings. The molecule has 1 unspecified atom stereocenters. The number of carbonyl (C=O) groups is 3. The molecule has 0 radical (unpaired) electrons. The zero-order chi connectivity index (χ0) is 18.8. The van der Waals surface area contributed by atoms with Crippen LogP contribution in [0.15, 0.2) is 24.3 Å². The molecule has 1 N–H and O–H groups in total. The standard InChI is InChI=1S/C18H24N2O5/c1-12-11-19(14-7-5-13(6-8-14)15(21)25-4)9-10-20(12)16(22)18(2,3)17(23)24/h5-8,12H,9-11H2,1-4H3,(H,23,24). The van der Waals surface area contributed by atoms with Gasteiger partial charge in [0.1, 0.15) is 5.41 Å². The Kier molecular flexibility index (Phi) is 5.35. The number of amides is 1. The second-order valence-corrected chi connectivity index (χ2v) is 6.76. The van der Waals surface area contributed by atoms with E-state index >= 15 is 0 Å². The Bertz CT molecular complexity index is 669. The summed E-state index contributed by atoms with van der Waals surface area (Å²) in [6, 6.07) is 6.99. The maximum atomic E-state index is 12.5. The fourth-order valence-corrected chi connectivity index (χ4v) is 2.87. The molecule has 7 heteroatoms. The number of hydrogen-bond donors (Lipinski definition) is 1. The molecular weight excluding hydrogens is 324 g/mol. The highest BCUT2D eigenvalue weighted by Crippen LogP contribution is 2.25. The van der Waals surface area contributed by atoms with Crippen molar-refractivity contribution in [2.24, 2.45) is 5.41 Å². The lowest BCUT2D eigenvalue weighted by molar-refractivity contribution is -0.159. The molecule has 7 nitrogen and oxygen atoms in total. The number of esters is 1. The Morgan fingerprint density at radius 2 is 1.76 bits per heavy atom. The second kappa shape index (κ2) is 7.13. The minimum Gasteiger partial charge on any atom is -0.480 e. The summed E-state index contributed by atoms with van der Waals surface area (Å²) < 4.78 is 4.69. The first-order valence-corrected chi connectivity index (χ1v) is 8.16. The van der Waals surface area contributed by atoms with Crippen molar-refractivity contribution in [1.82, 2.24) is 4.90 Å². The van der Waals surface area contributed by atoms with Gasteiger partial charge in [-0.2, -0.15) is 0 Å². The molecule has 0 aromatic heterocycles. The van der Waals surface area contributed by atoms with Crippen LogP contribution in [-0.2, 0) is 14.3 Å². The predicted octanol–water partition coefficient (Wildman–Crippen LogP) is 1.62. The number of carbonyl (C=O) groups excluding carboxylic acids is 2. The SMILES string of the molecule is COC(=O)c1ccc(N2CCN(C(=O)C(C)(C)C(=O)O)C(C)C2)cc1. The zero-order valence-corrected chi connectivity index (χ0v) is 15.0. The molecule has 1 amide bonds. The van der Waals surface area contributed by atoms with Crippen LogP contribution in [0.25, 0.3) is 0 Å². The summed E-state index contributed by atoms with van der Waals surface area (Å²) in [5, 5.41) is 9.25. The molecular formula is C18H24N2O5. The lowest BCUT2D eigenvalue weighted by Crippen LogP contribution is -2.58. The molecule has 0 bridgehead atoms. The van der Waals surface area contributed by atoms with E-state index in [9.17, 15) is 19.5 Å². The lowest BCUT2D eigenvalue weighted by atomic mass is 9.90. The molecule has 1 aliphatic heterocycles. The summed E-state index contributed by atoms with van der Waals surface area (Å²) in [5.41, 5.74) is -0.00101. The highest BCUT2D eigenvalue weighted by molar-refractivity contribution is 6.01. The molecule has 25 heavy (non-hydrogen) atoms. The quantitative estimate of drug-likeness (QED) is 0.657. The summed E-state index contributed by atoms with van der Waals surface area (Å²) in [5.74, 6) is -1.87. The predicted molar refractivity (Wildman–Crippen MR) is 92.6 cm³/mol. The van der Waals surface area contributed by atoms with Crippen LogP contribution in [0.5, 0.6) is 0 Å². The van der Waals surface area contributed by atoms with Gasteiger partial charge in [-0.3, -0.25) is 9.59 Å². The number of benzene rings is 1. The summed E-state index contributed by atoms with van der Waals surface area (Å²) >= 11 is 0. The molecule has 1 aromatic carbocycles. The summed E-state index contributed by atoms with van der Waals surface area (Å²) in [7, 11) is 1.34. The number of ether oxygens (including phenoxy) is 1. The third-order valence-corrected chi connectivity index (χ3v) is 4.61. The smallest absolute Gasteiger partial charge is 0.337 e. The van der Waals surface area contributed by atoms with Crippen LogP contribution in [0.1, 0.15) is 31.1 Å². The van der Waals surface area contributed by atoms with Crippen molar-refractivity contribution in [2.45, 2.75) is 26.8 Å². The van der Waals surface area contributed by atoms with Gasteiger partial charge in [-0.25, -0.2) is 4.79 Å². The highest BCUT2D eigenvalue weighted by Gasteiger charge is 2.42. The van der Waals surface area contributed by atoms with Crippen LogP contribution in [-0.4, -0.2) is 60.6 Å². The van der Waals surface area contributed by atoms with E-state index in [1.165, 1.54) is 21.0 Å². The van der Waals surface area contributed by atoms with Crippen LogP contribution in [0.2, 0.25) is 0 Å². The van der Waals surface area contributed by atoms with E-state index in [2.05, 4.69) is 9.64 Å². The fourth-order valence-electron chi connectivity index (χ4n) is 2.87. The third kappa shape index (κ3) is 3.75. The van der Waals surface area contributed by atoms with E-state index in [0.717, 1.165) is 5.69 Å². The van der Waals surface area contributed by atoms with Gasteiger partial charge in [0.05, 0.1) is 12.7 Å². The van der Waals surface area contributed by atoms with Crippen LogP contribution >= 0.6 is 0 Å². The number of aliphatic carboxylic acids is 1. The van der Waals surface area contributed by atoms with E-state index < -0.39 is 11.4 Å². The molecule has 136 valence electrons. The van der Waals surface area contributed by atoms with Crippen LogP contribution in [0.3, 0.4) is 0 Å². The molecule has 1 heterocycles. The molecule has 0 aliphatic carbocycles. The summed E-state index contributed by atoms with van der Waals surface area (Å²) in [6.45, 7) is 6.42. The van der Waals surface area contributed by atoms with E-state index in [1.54, 1.807) is 17.0 Å². The maximum absolute atomic E-state index is 12.5. The lowest BCUT2D eigenvalue weighted by Gasteiger charge is -2.43.